The number of nitrogens with zero attached hydrogens (tertiary/aromatic N) is 5. The minimum Gasteiger partial charge on any atom is -0.347 e. The molecule has 146 valence electrons. The Kier molecular flexibility index (Phi) is 5.16. The Balaban J connectivity index is 1.39. The molecule has 1 aromatic carbocycles. The first-order valence-corrected chi connectivity index (χ1v) is 9.31. The maximum absolute atomic E-state index is 14.5. The Labute approximate surface area is 161 Å². The highest BCUT2D eigenvalue weighted by Gasteiger charge is 2.18. The summed E-state index contributed by atoms with van der Waals surface area (Å²) in [5.41, 5.74) is 1.36. The van der Waals surface area contributed by atoms with Gasteiger partial charge in [0.05, 0.1) is 17.9 Å². The molecule has 3 heterocycles. The summed E-state index contributed by atoms with van der Waals surface area (Å²) < 4.78 is 17.9. The van der Waals surface area contributed by atoms with Crippen LogP contribution < -0.4 is 10.6 Å². The van der Waals surface area contributed by atoms with Crippen LogP contribution in [0.4, 0.5) is 4.39 Å². The number of piperidine rings is 1. The van der Waals surface area contributed by atoms with E-state index in [0.717, 1.165) is 25.9 Å². The van der Waals surface area contributed by atoms with E-state index in [0.29, 0.717) is 17.1 Å². The summed E-state index contributed by atoms with van der Waals surface area (Å²) in [6, 6.07) is 5.15. The van der Waals surface area contributed by atoms with Crippen LogP contribution in [-0.2, 0) is 6.54 Å². The number of nitrogens with one attached hydrogen (secondary N) is 2. The van der Waals surface area contributed by atoms with E-state index in [9.17, 15) is 9.18 Å². The predicted octanol–water partition coefficient (Wildman–Crippen LogP) is 1.77. The average Bonchev–Trinajstić information content (AvgIpc) is 3.36. The van der Waals surface area contributed by atoms with E-state index in [1.807, 2.05) is 6.92 Å². The molecule has 9 heteroatoms. The molecule has 2 aromatic heterocycles. The van der Waals surface area contributed by atoms with Crippen LogP contribution in [-0.4, -0.2) is 43.5 Å². The lowest BCUT2D eigenvalue weighted by Gasteiger charge is -2.22. The SMILES string of the molecule is Cc1nccn1-c1ccc(CNC(=O)c2cn(C3CCNCC3)nn2)cc1F. The van der Waals surface area contributed by atoms with Crippen LogP contribution in [0.2, 0.25) is 0 Å². The summed E-state index contributed by atoms with van der Waals surface area (Å²) >= 11 is 0. The molecule has 1 aliphatic rings. The Hall–Kier alpha value is -3.07. The lowest BCUT2D eigenvalue weighted by molar-refractivity contribution is 0.0945. The van der Waals surface area contributed by atoms with Gasteiger partial charge in [-0.2, -0.15) is 0 Å². The first-order chi connectivity index (χ1) is 13.6. The molecule has 0 bridgehead atoms. The van der Waals surface area contributed by atoms with Crippen molar-refractivity contribution in [3.63, 3.8) is 0 Å². The number of amides is 1. The summed E-state index contributed by atoms with van der Waals surface area (Å²) in [5.74, 6) is 0.0108. The van der Waals surface area contributed by atoms with Crippen molar-refractivity contribution in [1.82, 2.24) is 35.2 Å². The molecule has 0 unspecified atom stereocenters. The topological polar surface area (TPSA) is 89.7 Å². The average molecular weight is 383 g/mol. The number of imidazole rings is 1. The van der Waals surface area contributed by atoms with Gasteiger partial charge in [-0.25, -0.2) is 14.1 Å². The van der Waals surface area contributed by atoms with Crippen LogP contribution in [0.25, 0.3) is 5.69 Å². The molecule has 0 spiro atoms. The van der Waals surface area contributed by atoms with Crippen LogP contribution in [0.5, 0.6) is 0 Å². The number of hydrogen-bond donors (Lipinski definition) is 2. The summed E-state index contributed by atoms with van der Waals surface area (Å²) in [6.45, 7) is 3.89. The summed E-state index contributed by atoms with van der Waals surface area (Å²) in [6.07, 6.45) is 6.94. The zero-order chi connectivity index (χ0) is 19.5. The molecule has 0 radical (unpaired) electrons. The first kappa shape index (κ1) is 18.3. The summed E-state index contributed by atoms with van der Waals surface area (Å²) in [7, 11) is 0. The standard InChI is InChI=1S/C19H22FN7O/c1-13-22-8-9-26(13)18-3-2-14(10-16(18)20)11-23-19(28)17-12-27(25-24-17)15-4-6-21-7-5-15/h2-3,8-10,12,15,21H,4-7,11H2,1H3,(H,23,28). The van der Waals surface area contributed by atoms with Gasteiger partial charge in [0.15, 0.2) is 5.69 Å². The molecule has 3 aromatic rings. The molecule has 1 amide bonds. The zero-order valence-corrected chi connectivity index (χ0v) is 15.6. The minimum absolute atomic E-state index is 0.207. The van der Waals surface area contributed by atoms with Crippen LogP contribution >= 0.6 is 0 Å². The Bertz CT molecular complexity index is 974. The third-order valence-corrected chi connectivity index (χ3v) is 4.98. The van der Waals surface area contributed by atoms with Gasteiger partial charge in [-0.15, -0.1) is 5.10 Å². The molecular formula is C19H22FN7O. The molecular weight excluding hydrogens is 361 g/mol. The second-order valence-electron chi connectivity index (χ2n) is 6.88. The third kappa shape index (κ3) is 3.79. The van der Waals surface area contributed by atoms with Crippen LogP contribution in [0.1, 0.15) is 40.8 Å². The second-order valence-corrected chi connectivity index (χ2v) is 6.88. The van der Waals surface area contributed by atoms with E-state index in [-0.39, 0.29) is 30.0 Å². The molecule has 0 atom stereocenters. The van der Waals surface area contributed by atoms with E-state index in [4.69, 9.17) is 0 Å². The minimum atomic E-state index is -0.371. The summed E-state index contributed by atoms with van der Waals surface area (Å²) in [5, 5.41) is 14.1. The second kappa shape index (κ2) is 7.89. The maximum atomic E-state index is 14.5. The Morgan fingerprint density at radius 3 is 2.89 bits per heavy atom. The number of hydrogen-bond acceptors (Lipinski definition) is 5. The first-order valence-electron chi connectivity index (χ1n) is 9.31. The van der Waals surface area contributed by atoms with Gasteiger partial charge >= 0.3 is 0 Å². The van der Waals surface area contributed by atoms with Crippen molar-refractivity contribution >= 4 is 5.91 Å². The smallest absolute Gasteiger partial charge is 0.273 e. The van der Waals surface area contributed by atoms with Gasteiger partial charge in [0.2, 0.25) is 0 Å². The van der Waals surface area contributed by atoms with E-state index in [1.165, 1.54) is 6.07 Å². The van der Waals surface area contributed by atoms with Crippen LogP contribution in [0.15, 0.2) is 36.8 Å². The largest absolute Gasteiger partial charge is 0.347 e. The van der Waals surface area contributed by atoms with E-state index >= 15 is 0 Å². The van der Waals surface area contributed by atoms with Crippen molar-refractivity contribution < 1.29 is 9.18 Å². The van der Waals surface area contributed by atoms with Gasteiger partial charge in [0.1, 0.15) is 11.6 Å². The molecule has 1 saturated heterocycles. The molecule has 1 aliphatic heterocycles. The Morgan fingerprint density at radius 2 is 2.18 bits per heavy atom. The molecule has 1 fully saturated rings. The monoisotopic (exact) mass is 383 g/mol. The van der Waals surface area contributed by atoms with E-state index < -0.39 is 0 Å². The number of rotatable bonds is 5. The quantitative estimate of drug-likeness (QED) is 0.701. The number of benzene rings is 1. The molecule has 28 heavy (non-hydrogen) atoms. The normalized spacial score (nSPS) is 14.9. The van der Waals surface area contributed by atoms with Crippen molar-refractivity contribution in [2.45, 2.75) is 32.4 Å². The van der Waals surface area contributed by atoms with Gasteiger partial charge < -0.3 is 15.2 Å². The van der Waals surface area contributed by atoms with E-state index in [1.54, 1.807) is 40.0 Å². The highest BCUT2D eigenvalue weighted by molar-refractivity contribution is 5.91. The molecule has 4 rings (SSSR count). The van der Waals surface area contributed by atoms with Gasteiger partial charge in [-0.05, 0) is 50.6 Å². The van der Waals surface area contributed by atoms with Crippen molar-refractivity contribution in [3.8, 4) is 5.69 Å². The van der Waals surface area contributed by atoms with Gasteiger partial charge in [0.25, 0.3) is 5.91 Å². The van der Waals surface area contributed by atoms with Crippen LogP contribution in [0, 0.1) is 12.7 Å². The van der Waals surface area contributed by atoms with Gasteiger partial charge in [0, 0.05) is 18.9 Å². The van der Waals surface area contributed by atoms with Crippen molar-refractivity contribution in [1.29, 1.82) is 0 Å². The van der Waals surface area contributed by atoms with Gasteiger partial charge in [-0.3, -0.25) is 4.79 Å². The number of carbonyl (C=O) groups is 1. The molecule has 0 aliphatic carbocycles. The fourth-order valence-corrected chi connectivity index (χ4v) is 3.39. The fourth-order valence-electron chi connectivity index (χ4n) is 3.39. The third-order valence-electron chi connectivity index (χ3n) is 4.98. The molecule has 2 N–H and O–H groups in total. The van der Waals surface area contributed by atoms with Crippen molar-refractivity contribution in [3.05, 3.63) is 59.7 Å². The number of aromatic nitrogens is 5. The van der Waals surface area contributed by atoms with E-state index in [2.05, 4.69) is 25.9 Å². The number of aryl methyl sites for hydroxylation is 1. The number of halogens is 1. The maximum Gasteiger partial charge on any atom is 0.273 e. The Morgan fingerprint density at radius 1 is 1.36 bits per heavy atom. The number of carbonyl (C=O) groups excluding carboxylic acids is 1. The summed E-state index contributed by atoms with van der Waals surface area (Å²) in [4.78, 5) is 16.5. The van der Waals surface area contributed by atoms with Crippen LogP contribution in [0.3, 0.4) is 0 Å². The van der Waals surface area contributed by atoms with Crippen molar-refractivity contribution in [2.24, 2.45) is 0 Å². The highest BCUT2D eigenvalue weighted by atomic mass is 19.1. The van der Waals surface area contributed by atoms with Crippen molar-refractivity contribution in [2.75, 3.05) is 13.1 Å². The fraction of sp³-hybridized carbons (Fsp3) is 0.368. The lowest BCUT2D eigenvalue weighted by Crippen LogP contribution is -2.29. The lowest BCUT2D eigenvalue weighted by atomic mass is 10.1. The zero-order valence-electron chi connectivity index (χ0n) is 15.6. The predicted molar refractivity (Wildman–Crippen MR) is 101 cm³/mol. The molecule has 0 saturated carbocycles. The highest BCUT2D eigenvalue weighted by Crippen LogP contribution is 2.18. The van der Waals surface area contributed by atoms with Gasteiger partial charge in [-0.1, -0.05) is 11.3 Å². The molecule has 8 nitrogen and oxygen atoms in total.